The van der Waals surface area contributed by atoms with E-state index >= 15 is 0 Å². The predicted octanol–water partition coefficient (Wildman–Crippen LogP) is 11.2. The van der Waals surface area contributed by atoms with Crippen molar-refractivity contribution in [1.29, 1.82) is 0 Å². The number of nitrogens with zero attached hydrogens (tertiary/aromatic N) is 1. The molecule has 4 aliphatic rings. The molecule has 60 heavy (non-hydrogen) atoms. The first-order valence-electron chi connectivity index (χ1n) is 23.1. The Morgan fingerprint density at radius 2 is 1.57 bits per heavy atom. The van der Waals surface area contributed by atoms with Crippen LogP contribution in [0.1, 0.15) is 140 Å². The molecule has 0 spiro atoms. The van der Waals surface area contributed by atoms with E-state index in [1.165, 1.54) is 62.3 Å². The van der Waals surface area contributed by atoms with Gasteiger partial charge in [-0.2, -0.15) is 0 Å². The van der Waals surface area contributed by atoms with E-state index in [4.69, 9.17) is 14.7 Å². The second-order valence-electron chi connectivity index (χ2n) is 19.9. The van der Waals surface area contributed by atoms with E-state index in [1.807, 2.05) is 24.3 Å². The Labute approximate surface area is 358 Å². The summed E-state index contributed by atoms with van der Waals surface area (Å²) in [5.41, 5.74) is 6.32. The number of allylic oxidation sites excluding steroid dienone is 1. The monoisotopic (exact) mass is 819 g/mol. The Balaban J connectivity index is 0.878. The fourth-order valence-electron chi connectivity index (χ4n) is 12.5. The van der Waals surface area contributed by atoms with E-state index in [0.29, 0.717) is 30.6 Å². The Bertz CT molecular complexity index is 1990. The standard InChI is InChI=1S/C52H70N2O6/c1-35(2)9-8-10-36(3)45-21-22-46-44-20-19-42-32-43(25-27-51(42,4)47(44)26-28-52(45,46)5)60-49(56)24-23-48(55)59-30-29-54(33-37-13-17-40(18-14-37)50(57)53-58)34-38-15-16-39-11-6-7-12-41(39)31-38/h6-7,11-19,31,35-36,43-47,58H,8-10,20-30,32-34H2,1-5H3,(H,53,57)/t36-,43+,44+,45-,46+,47+,51+,52-/m1/s1. The Morgan fingerprint density at radius 1 is 0.833 bits per heavy atom. The van der Waals surface area contributed by atoms with Gasteiger partial charge in [-0.25, -0.2) is 5.48 Å². The number of ether oxygens (including phenoxy) is 2. The lowest BCUT2D eigenvalue weighted by Crippen LogP contribution is -2.51. The molecule has 3 fully saturated rings. The van der Waals surface area contributed by atoms with Crippen LogP contribution in [-0.2, 0) is 32.2 Å². The highest BCUT2D eigenvalue weighted by Crippen LogP contribution is 2.67. The minimum atomic E-state index is -0.562. The van der Waals surface area contributed by atoms with Crippen molar-refractivity contribution >= 4 is 28.6 Å². The molecule has 7 rings (SSSR count). The molecule has 8 heteroatoms. The molecule has 3 aromatic rings. The maximum absolute atomic E-state index is 13.1. The molecular formula is C52H70N2O6. The fraction of sp³-hybridized carbons (Fsp3) is 0.596. The fourth-order valence-corrected chi connectivity index (χ4v) is 12.5. The van der Waals surface area contributed by atoms with Gasteiger partial charge in [0.1, 0.15) is 12.7 Å². The first-order valence-corrected chi connectivity index (χ1v) is 23.1. The highest BCUT2D eigenvalue weighted by molar-refractivity contribution is 5.93. The number of nitrogens with one attached hydrogen (secondary N) is 1. The lowest BCUT2D eigenvalue weighted by Gasteiger charge is -2.58. The molecule has 0 saturated heterocycles. The topological polar surface area (TPSA) is 105 Å². The predicted molar refractivity (Wildman–Crippen MR) is 237 cm³/mol. The van der Waals surface area contributed by atoms with Gasteiger partial charge in [-0.05, 0) is 131 Å². The number of carbonyl (C=O) groups excluding carboxylic acids is 3. The Kier molecular flexibility index (Phi) is 14.2. The van der Waals surface area contributed by atoms with Crippen molar-refractivity contribution in [2.75, 3.05) is 13.2 Å². The molecule has 0 unspecified atom stereocenters. The lowest BCUT2D eigenvalue weighted by atomic mass is 9.47. The number of hydrogen-bond donors (Lipinski definition) is 2. The van der Waals surface area contributed by atoms with Crippen molar-refractivity contribution in [3.63, 3.8) is 0 Å². The molecule has 0 aromatic heterocycles. The lowest BCUT2D eigenvalue weighted by molar-refractivity contribution is -0.155. The highest BCUT2D eigenvalue weighted by Gasteiger charge is 2.59. The molecule has 3 saturated carbocycles. The van der Waals surface area contributed by atoms with E-state index in [0.717, 1.165) is 71.3 Å². The number of rotatable bonds is 17. The smallest absolute Gasteiger partial charge is 0.306 e. The molecule has 8 atom stereocenters. The number of hydrogen-bond acceptors (Lipinski definition) is 7. The van der Waals surface area contributed by atoms with Crippen LogP contribution >= 0.6 is 0 Å². The first kappa shape index (κ1) is 44.1. The van der Waals surface area contributed by atoms with Crippen LogP contribution in [0.4, 0.5) is 0 Å². The van der Waals surface area contributed by atoms with Crippen LogP contribution < -0.4 is 5.48 Å². The molecule has 324 valence electrons. The van der Waals surface area contributed by atoms with Gasteiger partial charge in [0.05, 0.1) is 12.8 Å². The SMILES string of the molecule is CC(C)CCC[C@@H](C)[C@H]1CC[C@H]2[C@@H]3CC=C4C[C@@H](OC(=O)CCC(=O)OCCN(Cc5ccc(C(=O)NO)cc5)Cc5ccc6ccccc6c5)CC[C@]4(C)[C@H]3CC[C@]12C. The van der Waals surface area contributed by atoms with E-state index in [-0.39, 0.29) is 36.9 Å². The van der Waals surface area contributed by atoms with E-state index in [2.05, 4.69) is 75.9 Å². The third-order valence-corrected chi connectivity index (χ3v) is 15.7. The summed E-state index contributed by atoms with van der Waals surface area (Å²) in [5, 5.41) is 11.3. The van der Waals surface area contributed by atoms with E-state index < -0.39 is 11.9 Å². The quantitative estimate of drug-likeness (QED) is 0.0605. The third-order valence-electron chi connectivity index (χ3n) is 15.7. The van der Waals surface area contributed by atoms with Gasteiger partial charge in [-0.15, -0.1) is 0 Å². The summed E-state index contributed by atoms with van der Waals surface area (Å²) < 4.78 is 11.7. The van der Waals surface area contributed by atoms with Crippen LogP contribution in [0.5, 0.6) is 0 Å². The number of esters is 2. The van der Waals surface area contributed by atoms with Gasteiger partial charge < -0.3 is 9.47 Å². The summed E-state index contributed by atoms with van der Waals surface area (Å²) >= 11 is 0. The third kappa shape index (κ3) is 10.0. The van der Waals surface area contributed by atoms with Gasteiger partial charge in [0.2, 0.25) is 0 Å². The van der Waals surface area contributed by atoms with Crippen LogP contribution in [0, 0.1) is 46.3 Å². The number of benzene rings is 3. The molecule has 2 N–H and O–H groups in total. The zero-order chi connectivity index (χ0) is 42.4. The average Bonchev–Trinajstić information content (AvgIpc) is 3.60. The first-order chi connectivity index (χ1) is 28.9. The molecule has 4 aliphatic carbocycles. The van der Waals surface area contributed by atoms with Crippen LogP contribution in [0.3, 0.4) is 0 Å². The molecular weight excluding hydrogens is 749 g/mol. The van der Waals surface area contributed by atoms with Crippen LogP contribution in [0.15, 0.2) is 78.4 Å². The summed E-state index contributed by atoms with van der Waals surface area (Å²) in [6.45, 7) is 14.3. The van der Waals surface area contributed by atoms with Crippen LogP contribution in [0.25, 0.3) is 10.8 Å². The molecule has 1 amide bonds. The maximum atomic E-state index is 13.1. The second-order valence-corrected chi connectivity index (χ2v) is 19.9. The summed E-state index contributed by atoms with van der Waals surface area (Å²) in [5.74, 6) is 3.51. The van der Waals surface area contributed by atoms with Crippen molar-refractivity contribution in [2.45, 2.75) is 137 Å². The molecule has 0 radical (unpaired) electrons. The van der Waals surface area contributed by atoms with E-state index in [1.54, 1.807) is 17.6 Å². The number of carbonyl (C=O) groups is 3. The van der Waals surface area contributed by atoms with Gasteiger partial charge >= 0.3 is 11.9 Å². The molecule has 8 nitrogen and oxygen atoms in total. The van der Waals surface area contributed by atoms with Gasteiger partial charge in [0.25, 0.3) is 5.91 Å². The molecule has 3 aromatic carbocycles. The largest absolute Gasteiger partial charge is 0.464 e. The second kappa shape index (κ2) is 19.4. The molecule has 0 aliphatic heterocycles. The maximum Gasteiger partial charge on any atom is 0.306 e. The normalized spacial score (nSPS) is 27.7. The van der Waals surface area contributed by atoms with Crippen molar-refractivity contribution in [3.05, 3.63) is 95.1 Å². The number of amides is 1. The zero-order valence-corrected chi connectivity index (χ0v) is 36.9. The minimum absolute atomic E-state index is 0.00767. The van der Waals surface area contributed by atoms with Gasteiger partial charge in [0.15, 0.2) is 0 Å². The van der Waals surface area contributed by atoms with Crippen molar-refractivity contribution in [3.8, 4) is 0 Å². The van der Waals surface area contributed by atoms with Gasteiger partial charge in [-0.1, -0.05) is 114 Å². The van der Waals surface area contributed by atoms with E-state index in [9.17, 15) is 14.4 Å². The molecule has 0 bridgehead atoms. The molecule has 0 heterocycles. The minimum Gasteiger partial charge on any atom is -0.464 e. The number of hydroxylamine groups is 1. The summed E-state index contributed by atoms with van der Waals surface area (Å²) in [6.07, 6.45) is 16.0. The number of fused-ring (bicyclic) bond motifs is 6. The average molecular weight is 819 g/mol. The highest BCUT2D eigenvalue weighted by atomic mass is 16.5. The van der Waals surface area contributed by atoms with Crippen molar-refractivity contribution in [1.82, 2.24) is 10.4 Å². The Morgan fingerprint density at radius 3 is 2.33 bits per heavy atom. The van der Waals surface area contributed by atoms with Crippen molar-refractivity contribution < 1.29 is 29.1 Å². The summed E-state index contributed by atoms with van der Waals surface area (Å²) in [6, 6.07) is 21.7. The van der Waals surface area contributed by atoms with Crippen LogP contribution in [0.2, 0.25) is 0 Å². The van der Waals surface area contributed by atoms with Gasteiger partial charge in [-0.3, -0.25) is 24.5 Å². The summed E-state index contributed by atoms with van der Waals surface area (Å²) in [7, 11) is 0. The summed E-state index contributed by atoms with van der Waals surface area (Å²) in [4.78, 5) is 40.0. The van der Waals surface area contributed by atoms with Crippen molar-refractivity contribution in [2.24, 2.45) is 46.3 Å². The Hall–Kier alpha value is -4.01. The zero-order valence-electron chi connectivity index (χ0n) is 36.9. The van der Waals surface area contributed by atoms with Gasteiger partial charge in [0, 0.05) is 31.6 Å². The van der Waals surface area contributed by atoms with Crippen LogP contribution in [-0.4, -0.2) is 47.2 Å².